The van der Waals surface area contributed by atoms with Crippen LogP contribution in [0.25, 0.3) is 0 Å². The van der Waals surface area contributed by atoms with Crippen molar-refractivity contribution in [3.05, 3.63) is 0 Å². The molecule has 162 valence electrons. The van der Waals surface area contributed by atoms with E-state index in [1.807, 2.05) is 4.90 Å². The van der Waals surface area contributed by atoms with Gasteiger partial charge in [0.2, 0.25) is 5.91 Å². The van der Waals surface area contributed by atoms with E-state index in [9.17, 15) is 9.59 Å². The van der Waals surface area contributed by atoms with E-state index in [4.69, 9.17) is 4.74 Å². The fourth-order valence-electron chi connectivity index (χ4n) is 4.72. The zero-order valence-electron chi connectivity index (χ0n) is 18.3. The highest BCUT2D eigenvalue weighted by Crippen LogP contribution is 2.29. The van der Waals surface area contributed by atoms with Crippen LogP contribution < -0.4 is 0 Å². The Labute approximate surface area is 172 Å². The molecule has 0 aromatic rings. The minimum Gasteiger partial charge on any atom is -0.464 e. The third-order valence-corrected chi connectivity index (χ3v) is 6.50. The minimum absolute atomic E-state index is 0.143. The fraction of sp³-hybridized carbons (Fsp3) is 0.917. The molecule has 2 fully saturated rings. The lowest BCUT2D eigenvalue weighted by Gasteiger charge is -2.29. The van der Waals surface area contributed by atoms with Crippen molar-refractivity contribution in [1.29, 1.82) is 0 Å². The quantitative estimate of drug-likeness (QED) is 0.284. The van der Waals surface area contributed by atoms with E-state index in [0.717, 1.165) is 57.9 Å². The fourth-order valence-corrected chi connectivity index (χ4v) is 4.72. The lowest BCUT2D eigenvalue weighted by Crippen LogP contribution is -2.44. The Kier molecular flexibility index (Phi) is 11.6. The van der Waals surface area contributed by atoms with E-state index in [2.05, 4.69) is 6.92 Å². The second-order valence-electron chi connectivity index (χ2n) is 8.87. The molecule has 0 spiro atoms. The summed E-state index contributed by atoms with van der Waals surface area (Å²) in [5, 5.41) is 0. The van der Waals surface area contributed by atoms with Crippen molar-refractivity contribution in [2.45, 2.75) is 122 Å². The van der Waals surface area contributed by atoms with Gasteiger partial charge >= 0.3 is 5.97 Å². The summed E-state index contributed by atoms with van der Waals surface area (Å²) >= 11 is 0. The Morgan fingerprint density at radius 2 is 1.39 bits per heavy atom. The molecule has 0 bridgehead atoms. The number of carbonyl (C=O) groups is 2. The first kappa shape index (κ1) is 23.2. The van der Waals surface area contributed by atoms with Gasteiger partial charge in [-0.05, 0) is 32.1 Å². The van der Waals surface area contributed by atoms with Crippen molar-refractivity contribution in [1.82, 2.24) is 4.90 Å². The van der Waals surface area contributed by atoms with E-state index >= 15 is 0 Å². The molecule has 0 aromatic carbocycles. The van der Waals surface area contributed by atoms with Crippen LogP contribution in [0.2, 0.25) is 0 Å². The highest BCUT2D eigenvalue weighted by molar-refractivity contribution is 5.86. The maximum Gasteiger partial charge on any atom is 0.328 e. The average Bonchev–Trinajstić information content (AvgIpc) is 3.22. The second-order valence-corrected chi connectivity index (χ2v) is 8.87. The lowest BCUT2D eigenvalue weighted by atomic mass is 9.88. The van der Waals surface area contributed by atoms with E-state index < -0.39 is 0 Å². The smallest absolute Gasteiger partial charge is 0.328 e. The molecule has 2 aliphatic rings. The SMILES string of the molecule is CCCCCCCCCCCCOC(=O)C1CCCN1C(=O)C1CCCCC1. The standard InChI is InChI=1S/C24H43NO3/c1-2-3-4-5-6-7-8-9-10-14-20-28-24(27)22-18-15-19-25(22)23(26)21-16-12-11-13-17-21/h21-22H,2-20H2,1H3. The van der Waals surface area contributed by atoms with Gasteiger partial charge in [0.05, 0.1) is 6.61 Å². The predicted octanol–water partition coefficient (Wildman–Crippen LogP) is 6.02. The molecule has 1 saturated heterocycles. The van der Waals surface area contributed by atoms with Crippen molar-refractivity contribution in [2.24, 2.45) is 5.92 Å². The van der Waals surface area contributed by atoms with Gasteiger partial charge < -0.3 is 9.64 Å². The lowest BCUT2D eigenvalue weighted by molar-refractivity contribution is -0.155. The topological polar surface area (TPSA) is 46.6 Å². The predicted molar refractivity (Wildman–Crippen MR) is 114 cm³/mol. The van der Waals surface area contributed by atoms with Crippen LogP contribution in [0, 0.1) is 5.92 Å². The molecule has 1 atom stereocenters. The molecule has 0 aromatic heterocycles. The van der Waals surface area contributed by atoms with Crippen LogP contribution in [0.5, 0.6) is 0 Å². The molecule has 28 heavy (non-hydrogen) atoms. The van der Waals surface area contributed by atoms with Crippen LogP contribution in [0.4, 0.5) is 0 Å². The summed E-state index contributed by atoms with van der Waals surface area (Å²) in [6, 6.07) is -0.322. The number of carbonyl (C=O) groups excluding carboxylic acids is 2. The Bertz CT molecular complexity index is 445. The normalized spacial score (nSPS) is 20.5. The van der Waals surface area contributed by atoms with Crippen LogP contribution in [-0.2, 0) is 14.3 Å². The zero-order chi connectivity index (χ0) is 20.0. The van der Waals surface area contributed by atoms with Crippen molar-refractivity contribution >= 4 is 11.9 Å². The number of nitrogens with zero attached hydrogens (tertiary/aromatic N) is 1. The summed E-state index contributed by atoms with van der Waals surface area (Å²) in [6.45, 7) is 3.50. The molecule has 1 aliphatic heterocycles. The van der Waals surface area contributed by atoms with Crippen molar-refractivity contribution in [3.63, 3.8) is 0 Å². The molecular formula is C24H43NO3. The highest BCUT2D eigenvalue weighted by Gasteiger charge is 2.38. The van der Waals surface area contributed by atoms with Crippen LogP contribution in [0.15, 0.2) is 0 Å². The number of amides is 1. The maximum absolute atomic E-state index is 12.8. The van der Waals surface area contributed by atoms with Gasteiger partial charge in [-0.2, -0.15) is 0 Å². The number of hydrogen-bond acceptors (Lipinski definition) is 3. The molecule has 4 heteroatoms. The number of ether oxygens (including phenoxy) is 1. The molecule has 1 unspecified atom stereocenters. The monoisotopic (exact) mass is 393 g/mol. The number of rotatable bonds is 13. The van der Waals surface area contributed by atoms with E-state index in [1.54, 1.807) is 0 Å². The summed E-state index contributed by atoms with van der Waals surface area (Å²) in [5.74, 6) is 0.180. The Hall–Kier alpha value is -1.06. The summed E-state index contributed by atoms with van der Waals surface area (Å²) < 4.78 is 5.53. The summed E-state index contributed by atoms with van der Waals surface area (Å²) in [4.78, 5) is 27.1. The van der Waals surface area contributed by atoms with Crippen LogP contribution in [-0.4, -0.2) is 36.0 Å². The van der Waals surface area contributed by atoms with Crippen LogP contribution in [0.3, 0.4) is 0 Å². The molecule has 1 aliphatic carbocycles. The first-order valence-corrected chi connectivity index (χ1v) is 12.2. The van der Waals surface area contributed by atoms with Gasteiger partial charge in [-0.25, -0.2) is 4.79 Å². The number of likely N-dealkylation sites (tertiary alicyclic amines) is 1. The van der Waals surface area contributed by atoms with Gasteiger partial charge in [-0.1, -0.05) is 84.0 Å². The van der Waals surface area contributed by atoms with Gasteiger partial charge in [-0.15, -0.1) is 0 Å². The molecule has 1 heterocycles. The van der Waals surface area contributed by atoms with Gasteiger partial charge in [0, 0.05) is 12.5 Å². The second kappa shape index (κ2) is 14.0. The Morgan fingerprint density at radius 1 is 0.786 bits per heavy atom. The highest BCUT2D eigenvalue weighted by atomic mass is 16.5. The van der Waals surface area contributed by atoms with Gasteiger partial charge in [0.1, 0.15) is 6.04 Å². The van der Waals surface area contributed by atoms with Crippen LogP contribution in [0.1, 0.15) is 116 Å². The first-order valence-electron chi connectivity index (χ1n) is 12.2. The number of hydrogen-bond donors (Lipinski definition) is 0. The van der Waals surface area contributed by atoms with Gasteiger partial charge in [-0.3, -0.25) is 4.79 Å². The van der Waals surface area contributed by atoms with E-state index in [1.165, 1.54) is 57.8 Å². The van der Waals surface area contributed by atoms with Gasteiger partial charge in [0.15, 0.2) is 0 Å². The molecule has 0 N–H and O–H groups in total. The zero-order valence-corrected chi connectivity index (χ0v) is 18.3. The molecule has 0 radical (unpaired) electrons. The van der Waals surface area contributed by atoms with Crippen molar-refractivity contribution < 1.29 is 14.3 Å². The molecular weight excluding hydrogens is 350 g/mol. The minimum atomic E-state index is -0.322. The number of unbranched alkanes of at least 4 members (excludes halogenated alkanes) is 9. The van der Waals surface area contributed by atoms with Crippen molar-refractivity contribution in [2.75, 3.05) is 13.2 Å². The van der Waals surface area contributed by atoms with Crippen molar-refractivity contribution in [3.8, 4) is 0 Å². The molecule has 1 amide bonds. The molecule has 1 saturated carbocycles. The number of esters is 1. The third kappa shape index (κ3) is 8.13. The largest absolute Gasteiger partial charge is 0.464 e. The average molecular weight is 394 g/mol. The van der Waals surface area contributed by atoms with Crippen LogP contribution >= 0.6 is 0 Å². The van der Waals surface area contributed by atoms with E-state index in [-0.39, 0.29) is 23.8 Å². The summed E-state index contributed by atoms with van der Waals surface area (Å²) in [5.41, 5.74) is 0. The Balaban J connectivity index is 1.54. The summed E-state index contributed by atoms with van der Waals surface area (Å²) in [6.07, 6.45) is 20.0. The maximum atomic E-state index is 12.8. The third-order valence-electron chi connectivity index (χ3n) is 6.50. The summed E-state index contributed by atoms with van der Waals surface area (Å²) in [7, 11) is 0. The molecule has 2 rings (SSSR count). The van der Waals surface area contributed by atoms with E-state index in [0.29, 0.717) is 6.61 Å². The molecule has 4 nitrogen and oxygen atoms in total. The van der Waals surface area contributed by atoms with Gasteiger partial charge in [0.25, 0.3) is 0 Å². The first-order chi connectivity index (χ1) is 13.7. The Morgan fingerprint density at radius 3 is 2.04 bits per heavy atom.